The second-order valence-corrected chi connectivity index (χ2v) is 4.59. The van der Waals surface area contributed by atoms with Crippen molar-refractivity contribution >= 4 is 11.5 Å². The minimum atomic E-state index is -1.19. The molecule has 0 aliphatic carbocycles. The molecule has 1 saturated heterocycles. The predicted molar refractivity (Wildman–Crippen MR) is 64.4 cm³/mol. The summed E-state index contributed by atoms with van der Waals surface area (Å²) >= 11 is 0. The van der Waals surface area contributed by atoms with Crippen LogP contribution in [-0.2, 0) is 9.53 Å². The average molecular weight is 266 g/mol. The standard InChI is InChI=1S/C12H14N2O5/c1-6-10(15)11(16)7(2)19-12(6)8-3-4-13-5-9(8)14(17)18/h3-7,11-12,16H,1-2H3/t6-,7+,11+,12+/m0/s1. The van der Waals surface area contributed by atoms with E-state index in [-0.39, 0.29) is 11.5 Å². The van der Waals surface area contributed by atoms with E-state index in [0.717, 1.165) is 6.20 Å². The van der Waals surface area contributed by atoms with Gasteiger partial charge in [-0.2, -0.15) is 0 Å². The zero-order valence-corrected chi connectivity index (χ0v) is 10.5. The number of ketones is 1. The summed E-state index contributed by atoms with van der Waals surface area (Å²) in [5.41, 5.74) is 0.121. The van der Waals surface area contributed by atoms with E-state index in [9.17, 15) is 20.0 Å². The smallest absolute Gasteiger partial charge is 0.293 e. The number of aliphatic hydroxyl groups is 1. The molecule has 0 aromatic carbocycles. The predicted octanol–water partition coefficient (Wildman–Crippen LogP) is 1.02. The van der Waals surface area contributed by atoms with Crippen molar-refractivity contribution in [3.8, 4) is 0 Å². The van der Waals surface area contributed by atoms with Crippen LogP contribution in [0, 0.1) is 16.0 Å². The second kappa shape index (κ2) is 5.02. The number of aromatic nitrogens is 1. The first-order chi connectivity index (χ1) is 8.93. The SMILES string of the molecule is C[C@H]1O[C@@H](c2ccncc2[N+](=O)[O-])[C@@H](C)C(=O)[C@@H]1O. The number of hydrogen-bond acceptors (Lipinski definition) is 6. The number of carbonyl (C=O) groups is 1. The lowest BCUT2D eigenvalue weighted by Crippen LogP contribution is -2.46. The quantitative estimate of drug-likeness (QED) is 0.633. The number of carbonyl (C=O) groups excluding carboxylic acids is 1. The van der Waals surface area contributed by atoms with Crippen molar-refractivity contribution in [2.45, 2.75) is 32.2 Å². The van der Waals surface area contributed by atoms with Gasteiger partial charge in [-0.15, -0.1) is 0 Å². The molecule has 102 valence electrons. The van der Waals surface area contributed by atoms with Gasteiger partial charge in [-0.25, -0.2) is 0 Å². The van der Waals surface area contributed by atoms with Gasteiger partial charge in [-0.1, -0.05) is 6.92 Å². The van der Waals surface area contributed by atoms with Crippen molar-refractivity contribution in [1.29, 1.82) is 0 Å². The molecule has 1 aliphatic heterocycles. The minimum Gasteiger partial charge on any atom is -0.383 e. The zero-order chi connectivity index (χ0) is 14.2. The Labute approximate surface area is 109 Å². The van der Waals surface area contributed by atoms with Crippen molar-refractivity contribution < 1.29 is 19.6 Å². The number of hydrogen-bond donors (Lipinski definition) is 1. The topological polar surface area (TPSA) is 103 Å². The Kier molecular flexibility index (Phi) is 3.59. The van der Waals surface area contributed by atoms with E-state index in [2.05, 4.69) is 4.98 Å². The number of pyridine rings is 1. The fraction of sp³-hybridized carbons (Fsp3) is 0.500. The lowest BCUT2D eigenvalue weighted by atomic mass is 9.86. The summed E-state index contributed by atoms with van der Waals surface area (Å²) in [5, 5.41) is 20.6. The molecule has 1 aliphatic rings. The van der Waals surface area contributed by atoms with E-state index in [1.54, 1.807) is 13.8 Å². The first kappa shape index (κ1) is 13.6. The van der Waals surface area contributed by atoms with Crippen LogP contribution in [0.3, 0.4) is 0 Å². The Bertz CT molecular complexity index is 519. The Balaban J connectivity index is 2.41. The number of nitrogens with zero attached hydrogens (tertiary/aromatic N) is 2. The third kappa shape index (κ3) is 2.34. The second-order valence-electron chi connectivity index (χ2n) is 4.59. The van der Waals surface area contributed by atoms with Crippen LogP contribution in [-0.4, -0.2) is 33.0 Å². The van der Waals surface area contributed by atoms with Crippen LogP contribution in [0.5, 0.6) is 0 Å². The average Bonchev–Trinajstić information content (AvgIpc) is 2.40. The molecule has 4 atom stereocenters. The van der Waals surface area contributed by atoms with Crippen molar-refractivity contribution in [1.82, 2.24) is 4.98 Å². The van der Waals surface area contributed by atoms with Crippen molar-refractivity contribution in [2.24, 2.45) is 5.92 Å². The van der Waals surface area contributed by atoms with Crippen LogP contribution in [0.2, 0.25) is 0 Å². The lowest BCUT2D eigenvalue weighted by molar-refractivity contribution is -0.386. The highest BCUT2D eigenvalue weighted by atomic mass is 16.6. The first-order valence-electron chi connectivity index (χ1n) is 5.89. The van der Waals surface area contributed by atoms with E-state index in [4.69, 9.17) is 4.74 Å². The van der Waals surface area contributed by atoms with Gasteiger partial charge in [0.15, 0.2) is 5.78 Å². The monoisotopic (exact) mass is 266 g/mol. The highest BCUT2D eigenvalue weighted by Gasteiger charge is 2.42. The Morgan fingerprint density at radius 3 is 2.79 bits per heavy atom. The normalized spacial score (nSPS) is 31.2. The minimum absolute atomic E-state index is 0.185. The molecule has 0 saturated carbocycles. The molecule has 19 heavy (non-hydrogen) atoms. The van der Waals surface area contributed by atoms with Crippen LogP contribution in [0.25, 0.3) is 0 Å². The highest BCUT2D eigenvalue weighted by molar-refractivity contribution is 5.87. The fourth-order valence-electron chi connectivity index (χ4n) is 2.21. The van der Waals surface area contributed by atoms with Gasteiger partial charge in [0.2, 0.25) is 0 Å². The molecular formula is C12H14N2O5. The van der Waals surface area contributed by atoms with Gasteiger partial charge in [0.1, 0.15) is 12.3 Å². The number of nitro groups is 1. The molecule has 0 radical (unpaired) electrons. The third-order valence-electron chi connectivity index (χ3n) is 3.34. The van der Waals surface area contributed by atoms with Gasteiger partial charge in [0.25, 0.3) is 5.69 Å². The molecule has 7 heteroatoms. The van der Waals surface area contributed by atoms with Crippen LogP contribution in [0.4, 0.5) is 5.69 Å². The summed E-state index contributed by atoms with van der Waals surface area (Å²) in [6.45, 7) is 3.15. The molecule has 2 heterocycles. The van der Waals surface area contributed by atoms with Crippen LogP contribution in [0.15, 0.2) is 18.5 Å². The van der Waals surface area contributed by atoms with Gasteiger partial charge >= 0.3 is 0 Å². The fourth-order valence-corrected chi connectivity index (χ4v) is 2.21. The number of aliphatic hydroxyl groups excluding tert-OH is 1. The highest BCUT2D eigenvalue weighted by Crippen LogP contribution is 2.37. The molecule has 1 N–H and O–H groups in total. The largest absolute Gasteiger partial charge is 0.383 e. The lowest BCUT2D eigenvalue weighted by Gasteiger charge is -2.35. The molecule has 0 amide bonds. The maximum Gasteiger partial charge on any atom is 0.293 e. The number of ether oxygens (including phenoxy) is 1. The molecule has 2 rings (SSSR count). The van der Waals surface area contributed by atoms with E-state index in [0.29, 0.717) is 5.56 Å². The Morgan fingerprint density at radius 2 is 2.16 bits per heavy atom. The maximum absolute atomic E-state index is 11.9. The number of Topliss-reactive ketones (excluding diaryl/α,β-unsaturated/α-hetero) is 1. The molecule has 0 spiro atoms. The Hall–Kier alpha value is -1.86. The van der Waals surface area contributed by atoms with E-state index in [1.165, 1.54) is 12.3 Å². The van der Waals surface area contributed by atoms with Gasteiger partial charge < -0.3 is 9.84 Å². The number of rotatable bonds is 2. The van der Waals surface area contributed by atoms with Gasteiger partial charge in [0.05, 0.1) is 22.7 Å². The molecule has 7 nitrogen and oxygen atoms in total. The van der Waals surface area contributed by atoms with Gasteiger partial charge in [0, 0.05) is 12.1 Å². The van der Waals surface area contributed by atoms with Crippen LogP contribution in [0.1, 0.15) is 25.5 Å². The van der Waals surface area contributed by atoms with Crippen molar-refractivity contribution in [3.63, 3.8) is 0 Å². The summed E-state index contributed by atoms with van der Waals surface area (Å²) in [6.07, 6.45) is -0.0765. The summed E-state index contributed by atoms with van der Waals surface area (Å²) in [7, 11) is 0. The summed E-state index contributed by atoms with van der Waals surface area (Å²) in [5.74, 6) is -1.01. The molecule has 1 aromatic rings. The molecule has 1 aromatic heterocycles. The van der Waals surface area contributed by atoms with Crippen LogP contribution >= 0.6 is 0 Å². The molecule has 0 bridgehead atoms. The van der Waals surface area contributed by atoms with E-state index < -0.39 is 29.2 Å². The zero-order valence-electron chi connectivity index (χ0n) is 10.5. The first-order valence-corrected chi connectivity index (χ1v) is 5.89. The van der Waals surface area contributed by atoms with Crippen molar-refractivity contribution in [3.05, 3.63) is 34.1 Å². The third-order valence-corrected chi connectivity index (χ3v) is 3.34. The maximum atomic E-state index is 11.9. The van der Waals surface area contributed by atoms with E-state index in [1.807, 2.05) is 0 Å². The molecule has 1 fully saturated rings. The molecule has 0 unspecified atom stereocenters. The van der Waals surface area contributed by atoms with Gasteiger partial charge in [-0.3, -0.25) is 19.9 Å². The summed E-state index contributed by atoms with van der Waals surface area (Å²) < 4.78 is 5.56. The molecular weight excluding hydrogens is 252 g/mol. The summed E-state index contributed by atoms with van der Waals surface area (Å²) in [6, 6.07) is 1.47. The van der Waals surface area contributed by atoms with E-state index >= 15 is 0 Å². The van der Waals surface area contributed by atoms with Crippen LogP contribution < -0.4 is 0 Å². The Morgan fingerprint density at radius 1 is 1.47 bits per heavy atom. The van der Waals surface area contributed by atoms with Gasteiger partial charge in [-0.05, 0) is 13.0 Å². The van der Waals surface area contributed by atoms with Crippen molar-refractivity contribution in [2.75, 3.05) is 0 Å². The summed E-state index contributed by atoms with van der Waals surface area (Å²) in [4.78, 5) is 26.0.